The standard InChI is InChI=1S/C23H23N5O2S2/c1-15-4-9-19(16(2)12-15)32-22-21-26-28(23(30)27(21)11-10-24-22)14-20(29)25-13-17-5-7-18(31-3)8-6-17/h4-12H,13-14H2,1-3H3,(H,25,29). The second-order valence-corrected chi connectivity index (χ2v) is 9.27. The molecular formula is C23H23N5O2S2. The summed E-state index contributed by atoms with van der Waals surface area (Å²) in [5.74, 6) is -0.277. The van der Waals surface area contributed by atoms with Crippen molar-refractivity contribution in [2.75, 3.05) is 6.26 Å². The molecule has 1 N–H and O–H groups in total. The van der Waals surface area contributed by atoms with Crippen LogP contribution in [0, 0.1) is 13.8 Å². The first-order valence-electron chi connectivity index (χ1n) is 10.0. The minimum absolute atomic E-state index is 0.156. The Morgan fingerprint density at radius 3 is 2.62 bits per heavy atom. The molecule has 0 aliphatic rings. The second kappa shape index (κ2) is 9.62. The number of hydrogen-bond donors (Lipinski definition) is 1. The summed E-state index contributed by atoms with van der Waals surface area (Å²) in [6.45, 7) is 4.33. The summed E-state index contributed by atoms with van der Waals surface area (Å²) in [4.78, 5) is 31.8. The lowest BCUT2D eigenvalue weighted by molar-refractivity contribution is -0.122. The topological polar surface area (TPSA) is 81.3 Å². The number of benzene rings is 2. The van der Waals surface area contributed by atoms with E-state index in [2.05, 4.69) is 21.5 Å². The molecule has 32 heavy (non-hydrogen) atoms. The van der Waals surface area contributed by atoms with Gasteiger partial charge in [0.05, 0.1) is 0 Å². The van der Waals surface area contributed by atoms with Crippen LogP contribution in [0.3, 0.4) is 0 Å². The summed E-state index contributed by atoms with van der Waals surface area (Å²) in [5.41, 5.74) is 3.37. The van der Waals surface area contributed by atoms with Crippen LogP contribution in [0.5, 0.6) is 0 Å². The quantitative estimate of drug-likeness (QED) is 0.419. The van der Waals surface area contributed by atoms with Gasteiger partial charge in [0.1, 0.15) is 11.6 Å². The second-order valence-electron chi connectivity index (χ2n) is 7.36. The molecular weight excluding hydrogens is 442 g/mol. The van der Waals surface area contributed by atoms with Crippen LogP contribution >= 0.6 is 23.5 Å². The molecule has 164 valence electrons. The summed E-state index contributed by atoms with van der Waals surface area (Å²) in [7, 11) is 0. The van der Waals surface area contributed by atoms with Gasteiger partial charge in [-0.1, -0.05) is 41.6 Å². The predicted octanol–water partition coefficient (Wildman–Crippen LogP) is 3.70. The van der Waals surface area contributed by atoms with Gasteiger partial charge >= 0.3 is 5.69 Å². The Morgan fingerprint density at radius 1 is 1.12 bits per heavy atom. The predicted molar refractivity (Wildman–Crippen MR) is 127 cm³/mol. The Morgan fingerprint density at radius 2 is 1.91 bits per heavy atom. The molecule has 7 nitrogen and oxygen atoms in total. The fourth-order valence-corrected chi connectivity index (χ4v) is 4.57. The molecule has 4 rings (SSSR count). The summed E-state index contributed by atoms with van der Waals surface area (Å²) >= 11 is 3.12. The van der Waals surface area contributed by atoms with Gasteiger partial charge in [-0.15, -0.1) is 16.9 Å². The molecule has 0 saturated carbocycles. The zero-order valence-electron chi connectivity index (χ0n) is 18.0. The Labute approximate surface area is 194 Å². The van der Waals surface area contributed by atoms with Crippen molar-refractivity contribution in [3.05, 3.63) is 82.0 Å². The number of carbonyl (C=O) groups is 1. The van der Waals surface area contributed by atoms with E-state index in [1.807, 2.05) is 56.5 Å². The molecule has 0 bridgehead atoms. The molecule has 1 amide bonds. The lowest BCUT2D eigenvalue weighted by Crippen LogP contribution is -2.32. The van der Waals surface area contributed by atoms with E-state index in [-0.39, 0.29) is 18.1 Å². The maximum Gasteiger partial charge on any atom is 0.350 e. The molecule has 0 radical (unpaired) electrons. The number of nitrogens with zero attached hydrogens (tertiary/aromatic N) is 4. The molecule has 0 aliphatic carbocycles. The third-order valence-electron chi connectivity index (χ3n) is 4.95. The number of nitrogens with one attached hydrogen (secondary N) is 1. The van der Waals surface area contributed by atoms with E-state index in [4.69, 9.17) is 0 Å². The van der Waals surface area contributed by atoms with Crippen molar-refractivity contribution in [2.45, 2.75) is 41.8 Å². The average Bonchev–Trinajstić information content (AvgIpc) is 3.11. The third-order valence-corrected chi connectivity index (χ3v) is 6.85. The highest BCUT2D eigenvalue weighted by molar-refractivity contribution is 7.99. The molecule has 0 aliphatic heterocycles. The maximum atomic E-state index is 12.8. The molecule has 0 fully saturated rings. The number of amides is 1. The summed E-state index contributed by atoms with van der Waals surface area (Å²) in [5, 5.41) is 7.86. The van der Waals surface area contributed by atoms with Crippen molar-refractivity contribution < 1.29 is 4.79 Å². The Kier molecular flexibility index (Phi) is 6.66. The SMILES string of the molecule is CSc1ccc(CNC(=O)Cn2nc3c(Sc4ccc(C)cc4C)nccn3c2=O)cc1. The summed E-state index contributed by atoms with van der Waals surface area (Å²) < 4.78 is 2.60. The number of thioether (sulfide) groups is 1. The molecule has 9 heteroatoms. The molecule has 0 atom stereocenters. The van der Waals surface area contributed by atoms with Crippen LogP contribution in [0.1, 0.15) is 16.7 Å². The Balaban J connectivity index is 1.50. The van der Waals surface area contributed by atoms with Crippen molar-refractivity contribution in [1.82, 2.24) is 24.5 Å². The molecule has 2 heterocycles. The van der Waals surface area contributed by atoms with E-state index < -0.39 is 0 Å². The van der Waals surface area contributed by atoms with Crippen LogP contribution in [-0.2, 0) is 17.9 Å². The number of rotatable bonds is 7. The minimum atomic E-state index is -0.371. The van der Waals surface area contributed by atoms with Crippen LogP contribution in [0.2, 0.25) is 0 Å². The monoisotopic (exact) mass is 465 g/mol. The maximum absolute atomic E-state index is 12.8. The van der Waals surface area contributed by atoms with Gasteiger partial charge in [-0.3, -0.25) is 4.79 Å². The van der Waals surface area contributed by atoms with Gasteiger partial charge in [0.15, 0.2) is 5.65 Å². The molecule has 0 spiro atoms. The van der Waals surface area contributed by atoms with Crippen molar-refractivity contribution in [3.8, 4) is 0 Å². The zero-order valence-corrected chi connectivity index (χ0v) is 19.7. The normalized spacial score (nSPS) is 11.1. The largest absolute Gasteiger partial charge is 0.350 e. The van der Waals surface area contributed by atoms with Crippen molar-refractivity contribution in [3.63, 3.8) is 0 Å². The first-order valence-corrected chi connectivity index (χ1v) is 12.1. The number of hydrogen-bond acceptors (Lipinski definition) is 6. The van der Waals surface area contributed by atoms with E-state index >= 15 is 0 Å². The molecule has 2 aromatic carbocycles. The van der Waals surface area contributed by atoms with Gasteiger partial charge < -0.3 is 5.32 Å². The highest BCUT2D eigenvalue weighted by Crippen LogP contribution is 2.31. The van der Waals surface area contributed by atoms with E-state index in [1.165, 1.54) is 31.3 Å². The van der Waals surface area contributed by atoms with E-state index in [1.54, 1.807) is 24.2 Å². The van der Waals surface area contributed by atoms with Crippen molar-refractivity contribution >= 4 is 35.1 Å². The summed E-state index contributed by atoms with van der Waals surface area (Å²) in [6.07, 6.45) is 5.16. The van der Waals surface area contributed by atoms with Gasteiger partial charge in [0.2, 0.25) is 5.91 Å². The molecule has 4 aromatic rings. The Bertz CT molecular complexity index is 1330. The van der Waals surface area contributed by atoms with E-state index in [0.29, 0.717) is 17.2 Å². The van der Waals surface area contributed by atoms with Crippen LogP contribution in [-0.4, -0.2) is 31.3 Å². The number of carbonyl (C=O) groups excluding carboxylic acids is 1. The van der Waals surface area contributed by atoms with Crippen LogP contribution in [0.4, 0.5) is 0 Å². The smallest absolute Gasteiger partial charge is 0.350 e. The van der Waals surface area contributed by atoms with Gasteiger partial charge in [0, 0.05) is 28.7 Å². The number of fused-ring (bicyclic) bond motifs is 1. The molecule has 0 unspecified atom stereocenters. The first kappa shape index (κ1) is 22.2. The van der Waals surface area contributed by atoms with Gasteiger partial charge in [-0.2, -0.15) is 0 Å². The first-order chi connectivity index (χ1) is 15.4. The van der Waals surface area contributed by atoms with Gasteiger partial charge in [-0.25, -0.2) is 18.9 Å². The highest BCUT2D eigenvalue weighted by atomic mass is 32.2. The van der Waals surface area contributed by atoms with Crippen molar-refractivity contribution in [2.24, 2.45) is 0 Å². The Hall–Kier alpha value is -3.04. The summed E-state index contributed by atoms with van der Waals surface area (Å²) in [6, 6.07) is 14.2. The average molecular weight is 466 g/mol. The molecule has 2 aromatic heterocycles. The minimum Gasteiger partial charge on any atom is -0.350 e. The zero-order chi connectivity index (χ0) is 22.7. The van der Waals surface area contributed by atoms with Crippen molar-refractivity contribution in [1.29, 1.82) is 0 Å². The van der Waals surface area contributed by atoms with Crippen LogP contribution in [0.25, 0.3) is 5.65 Å². The highest BCUT2D eigenvalue weighted by Gasteiger charge is 2.15. The van der Waals surface area contributed by atoms with Crippen LogP contribution in [0.15, 0.2) is 74.5 Å². The fraction of sp³-hybridized carbons (Fsp3) is 0.217. The lowest BCUT2D eigenvalue weighted by atomic mass is 10.2. The fourth-order valence-electron chi connectivity index (χ4n) is 3.25. The van der Waals surface area contributed by atoms with Crippen LogP contribution < -0.4 is 11.0 Å². The molecule has 0 saturated heterocycles. The van der Waals surface area contributed by atoms with E-state index in [9.17, 15) is 9.59 Å². The lowest BCUT2D eigenvalue weighted by Gasteiger charge is -2.06. The number of aromatic nitrogens is 4. The van der Waals surface area contributed by atoms with Gasteiger partial charge in [0.25, 0.3) is 0 Å². The van der Waals surface area contributed by atoms with Gasteiger partial charge in [-0.05, 0) is 49.4 Å². The number of aryl methyl sites for hydroxylation is 2. The third kappa shape index (κ3) is 4.89. The van der Waals surface area contributed by atoms with E-state index in [0.717, 1.165) is 16.0 Å².